The molecule has 5 heteroatoms. The molecule has 1 fully saturated rings. The minimum Gasteiger partial charge on any atom is -0.325 e. The lowest BCUT2D eigenvalue weighted by Crippen LogP contribution is -2.49. The fraction of sp³-hybridized carbons (Fsp3) is 0.700. The molecule has 1 atom stereocenters. The summed E-state index contributed by atoms with van der Waals surface area (Å²) in [6, 6.07) is 5.53. The summed E-state index contributed by atoms with van der Waals surface area (Å²) in [5.41, 5.74) is 6.81. The number of alkyl halides is 3. The van der Waals surface area contributed by atoms with Crippen molar-refractivity contribution in [2.24, 2.45) is 11.7 Å². The normalized spacial score (nSPS) is 19.8. The number of nitrogens with zero attached hydrogens (tertiary/aromatic N) is 1. The minimum absolute atomic E-state index is 0.102. The molecule has 2 rings (SSSR count). The zero-order valence-corrected chi connectivity index (χ0v) is 15.4. The van der Waals surface area contributed by atoms with Crippen LogP contribution in [0.2, 0.25) is 0 Å². The van der Waals surface area contributed by atoms with Gasteiger partial charge in [0.2, 0.25) is 0 Å². The van der Waals surface area contributed by atoms with Gasteiger partial charge in [-0.25, -0.2) is 0 Å². The first-order valence-corrected chi connectivity index (χ1v) is 9.40. The van der Waals surface area contributed by atoms with Crippen molar-refractivity contribution in [3.05, 3.63) is 35.4 Å². The molecule has 1 aromatic carbocycles. The Kier molecular flexibility index (Phi) is 6.92. The maximum absolute atomic E-state index is 12.6. The third-order valence-electron chi connectivity index (χ3n) is 5.53. The summed E-state index contributed by atoms with van der Waals surface area (Å²) < 4.78 is 37.9. The zero-order valence-electron chi connectivity index (χ0n) is 15.4. The molecule has 1 saturated heterocycles. The van der Waals surface area contributed by atoms with Gasteiger partial charge in [-0.3, -0.25) is 4.90 Å². The highest BCUT2D eigenvalue weighted by Crippen LogP contribution is 2.32. The first-order valence-electron chi connectivity index (χ1n) is 9.40. The van der Waals surface area contributed by atoms with Gasteiger partial charge >= 0.3 is 6.18 Å². The third kappa shape index (κ3) is 6.00. The standard InChI is InChI=1S/C20H31F3N2/c1-3-4-5-12-19(2,24)17-10-13-25(14-11-17)15-16-6-8-18(9-7-16)20(21,22)23/h6-9,17H,3-5,10-15,24H2,1-2H3. The van der Waals surface area contributed by atoms with Crippen molar-refractivity contribution in [2.75, 3.05) is 13.1 Å². The van der Waals surface area contributed by atoms with Gasteiger partial charge < -0.3 is 5.73 Å². The Morgan fingerprint density at radius 1 is 1.08 bits per heavy atom. The molecular formula is C20H31F3N2. The largest absolute Gasteiger partial charge is 0.416 e. The van der Waals surface area contributed by atoms with E-state index in [1.54, 1.807) is 12.1 Å². The smallest absolute Gasteiger partial charge is 0.325 e. The van der Waals surface area contributed by atoms with Crippen molar-refractivity contribution in [2.45, 2.75) is 70.6 Å². The highest BCUT2D eigenvalue weighted by molar-refractivity contribution is 5.24. The molecular weight excluding hydrogens is 325 g/mol. The zero-order chi connectivity index (χ0) is 18.5. The first-order chi connectivity index (χ1) is 11.7. The Hall–Kier alpha value is -1.07. The monoisotopic (exact) mass is 356 g/mol. The van der Waals surface area contributed by atoms with E-state index < -0.39 is 11.7 Å². The van der Waals surface area contributed by atoms with E-state index in [0.29, 0.717) is 12.5 Å². The number of unbranched alkanes of at least 4 members (excludes halogenated alkanes) is 2. The highest BCUT2D eigenvalue weighted by Gasteiger charge is 2.33. The van der Waals surface area contributed by atoms with Crippen LogP contribution in [0.3, 0.4) is 0 Å². The average molecular weight is 356 g/mol. The fourth-order valence-electron chi connectivity index (χ4n) is 3.77. The molecule has 1 aliphatic rings. The molecule has 2 nitrogen and oxygen atoms in total. The molecule has 0 bridgehead atoms. The third-order valence-corrected chi connectivity index (χ3v) is 5.53. The number of piperidine rings is 1. The van der Waals surface area contributed by atoms with E-state index in [-0.39, 0.29) is 5.54 Å². The summed E-state index contributed by atoms with van der Waals surface area (Å²) in [4.78, 5) is 2.32. The van der Waals surface area contributed by atoms with Crippen LogP contribution in [0.5, 0.6) is 0 Å². The van der Waals surface area contributed by atoms with Gasteiger partial charge in [0, 0.05) is 12.1 Å². The molecule has 1 aliphatic heterocycles. The van der Waals surface area contributed by atoms with E-state index in [9.17, 15) is 13.2 Å². The second kappa shape index (κ2) is 8.54. The van der Waals surface area contributed by atoms with Crippen LogP contribution in [0.15, 0.2) is 24.3 Å². The molecule has 0 amide bonds. The van der Waals surface area contributed by atoms with Gasteiger partial charge in [0.05, 0.1) is 5.56 Å². The first kappa shape index (κ1) is 20.2. The molecule has 1 unspecified atom stereocenters. The Morgan fingerprint density at radius 3 is 2.20 bits per heavy atom. The van der Waals surface area contributed by atoms with Crippen LogP contribution in [0.25, 0.3) is 0 Å². The molecule has 142 valence electrons. The van der Waals surface area contributed by atoms with Gasteiger partial charge in [-0.05, 0) is 62.9 Å². The van der Waals surface area contributed by atoms with Gasteiger partial charge in [0.15, 0.2) is 0 Å². The SMILES string of the molecule is CCCCCC(C)(N)C1CCN(Cc2ccc(C(F)(F)F)cc2)CC1. The van der Waals surface area contributed by atoms with Crippen LogP contribution < -0.4 is 5.73 Å². The Bertz CT molecular complexity index is 515. The topological polar surface area (TPSA) is 29.3 Å². The molecule has 0 aromatic heterocycles. The van der Waals surface area contributed by atoms with Crippen LogP contribution in [0, 0.1) is 5.92 Å². The summed E-state index contributed by atoms with van der Waals surface area (Å²) in [6.45, 7) is 7.02. The van der Waals surface area contributed by atoms with Crippen LogP contribution in [0.1, 0.15) is 63.5 Å². The van der Waals surface area contributed by atoms with E-state index in [4.69, 9.17) is 5.73 Å². The maximum atomic E-state index is 12.6. The number of benzene rings is 1. The lowest BCUT2D eigenvalue weighted by molar-refractivity contribution is -0.137. The molecule has 1 heterocycles. The Labute approximate surface area is 149 Å². The summed E-state index contributed by atoms with van der Waals surface area (Å²) in [5.74, 6) is 0.535. The highest BCUT2D eigenvalue weighted by atomic mass is 19.4. The summed E-state index contributed by atoms with van der Waals surface area (Å²) in [6.07, 6.45) is 2.58. The van der Waals surface area contributed by atoms with Crippen LogP contribution in [-0.4, -0.2) is 23.5 Å². The fourth-order valence-corrected chi connectivity index (χ4v) is 3.77. The van der Waals surface area contributed by atoms with Gasteiger partial charge in [-0.1, -0.05) is 38.3 Å². The van der Waals surface area contributed by atoms with Crippen molar-refractivity contribution < 1.29 is 13.2 Å². The van der Waals surface area contributed by atoms with Gasteiger partial charge in [-0.2, -0.15) is 13.2 Å². The molecule has 0 aliphatic carbocycles. The van der Waals surface area contributed by atoms with Crippen LogP contribution in [-0.2, 0) is 12.7 Å². The van der Waals surface area contributed by atoms with Crippen molar-refractivity contribution in [3.63, 3.8) is 0 Å². The number of hydrogen-bond donors (Lipinski definition) is 1. The number of hydrogen-bond acceptors (Lipinski definition) is 2. The van der Waals surface area contributed by atoms with Crippen molar-refractivity contribution in [1.29, 1.82) is 0 Å². The molecule has 1 aromatic rings. The predicted octanol–water partition coefficient (Wildman–Crippen LogP) is 5.22. The second-order valence-corrected chi connectivity index (χ2v) is 7.71. The quantitative estimate of drug-likeness (QED) is 0.679. The lowest BCUT2D eigenvalue weighted by Gasteiger charge is -2.40. The van der Waals surface area contributed by atoms with Gasteiger partial charge in [0.25, 0.3) is 0 Å². The Balaban J connectivity index is 1.82. The van der Waals surface area contributed by atoms with Crippen molar-refractivity contribution >= 4 is 0 Å². The maximum Gasteiger partial charge on any atom is 0.416 e. The van der Waals surface area contributed by atoms with Crippen LogP contribution >= 0.6 is 0 Å². The number of halogens is 3. The number of rotatable bonds is 7. The number of nitrogens with two attached hydrogens (primary N) is 1. The Morgan fingerprint density at radius 2 is 1.68 bits per heavy atom. The second-order valence-electron chi connectivity index (χ2n) is 7.71. The summed E-state index contributed by atoms with van der Waals surface area (Å²) >= 11 is 0. The number of likely N-dealkylation sites (tertiary alicyclic amines) is 1. The minimum atomic E-state index is -4.26. The van der Waals surface area contributed by atoms with Crippen molar-refractivity contribution in [1.82, 2.24) is 4.90 Å². The van der Waals surface area contributed by atoms with E-state index in [1.807, 2.05) is 0 Å². The van der Waals surface area contributed by atoms with E-state index in [0.717, 1.165) is 37.9 Å². The van der Waals surface area contributed by atoms with Crippen LogP contribution in [0.4, 0.5) is 13.2 Å². The molecule has 0 saturated carbocycles. The molecule has 0 radical (unpaired) electrons. The molecule has 0 spiro atoms. The van der Waals surface area contributed by atoms with E-state index >= 15 is 0 Å². The van der Waals surface area contributed by atoms with E-state index in [1.165, 1.54) is 31.4 Å². The van der Waals surface area contributed by atoms with Crippen molar-refractivity contribution in [3.8, 4) is 0 Å². The van der Waals surface area contributed by atoms with Gasteiger partial charge in [0.1, 0.15) is 0 Å². The van der Waals surface area contributed by atoms with E-state index in [2.05, 4.69) is 18.7 Å². The predicted molar refractivity (Wildman–Crippen MR) is 96.2 cm³/mol. The average Bonchev–Trinajstić information content (AvgIpc) is 2.55. The van der Waals surface area contributed by atoms with Gasteiger partial charge in [-0.15, -0.1) is 0 Å². The summed E-state index contributed by atoms with van der Waals surface area (Å²) in [7, 11) is 0. The molecule has 25 heavy (non-hydrogen) atoms. The lowest BCUT2D eigenvalue weighted by atomic mass is 9.76. The molecule has 2 N–H and O–H groups in total. The summed E-state index contributed by atoms with van der Waals surface area (Å²) in [5, 5.41) is 0.